The number of amides is 1. The van der Waals surface area contributed by atoms with Crippen LogP contribution in [0.1, 0.15) is 33.6 Å². The molecule has 1 aliphatic heterocycles. The van der Waals surface area contributed by atoms with Crippen LogP contribution in [-0.4, -0.2) is 22.2 Å². The lowest BCUT2D eigenvalue weighted by Gasteiger charge is -2.30. The van der Waals surface area contributed by atoms with Crippen LogP contribution in [0.2, 0.25) is 0 Å². The number of carbonyl (C=O) groups is 1. The molecule has 27 heavy (non-hydrogen) atoms. The molecule has 6 heteroatoms. The van der Waals surface area contributed by atoms with Gasteiger partial charge in [-0.3, -0.25) is 4.79 Å². The highest BCUT2D eigenvalue weighted by Gasteiger charge is 2.29. The summed E-state index contributed by atoms with van der Waals surface area (Å²) in [6.07, 6.45) is 2.93. The van der Waals surface area contributed by atoms with Gasteiger partial charge in [0, 0.05) is 6.54 Å². The van der Waals surface area contributed by atoms with Crippen LogP contribution in [0.4, 0.5) is 14.5 Å². The monoisotopic (exact) mass is 367 g/mol. The Morgan fingerprint density at radius 1 is 1.11 bits per heavy atom. The summed E-state index contributed by atoms with van der Waals surface area (Å²) in [6, 6.07) is 9.62. The van der Waals surface area contributed by atoms with Gasteiger partial charge in [0.1, 0.15) is 17.3 Å². The predicted molar refractivity (Wildman–Crippen MR) is 99.4 cm³/mol. The van der Waals surface area contributed by atoms with Crippen LogP contribution in [-0.2, 0) is 6.42 Å². The SMILES string of the molecule is Cc1cc(F)c2c(c1)CCCN2C(=O)c1cnn(-c2ccccc2F)c1C. The molecule has 0 saturated heterocycles. The second kappa shape index (κ2) is 6.61. The first-order valence-corrected chi connectivity index (χ1v) is 8.88. The first kappa shape index (κ1) is 17.4. The van der Waals surface area contributed by atoms with Gasteiger partial charge in [0.05, 0.1) is 23.1 Å². The van der Waals surface area contributed by atoms with Crippen LogP contribution in [0, 0.1) is 25.5 Å². The smallest absolute Gasteiger partial charge is 0.261 e. The topological polar surface area (TPSA) is 38.1 Å². The Hall–Kier alpha value is -3.02. The molecule has 4 nitrogen and oxygen atoms in total. The average molecular weight is 367 g/mol. The molecule has 0 aliphatic carbocycles. The number of anilines is 1. The maximum Gasteiger partial charge on any atom is 0.261 e. The van der Waals surface area contributed by atoms with E-state index in [0.717, 1.165) is 24.0 Å². The quantitative estimate of drug-likeness (QED) is 0.675. The number of halogens is 2. The van der Waals surface area contributed by atoms with Crippen LogP contribution in [0.3, 0.4) is 0 Å². The highest BCUT2D eigenvalue weighted by atomic mass is 19.1. The van der Waals surface area contributed by atoms with Gasteiger partial charge in [0.15, 0.2) is 0 Å². The van der Waals surface area contributed by atoms with Gasteiger partial charge in [0.25, 0.3) is 5.91 Å². The third-order valence-corrected chi connectivity index (χ3v) is 4.95. The second-order valence-corrected chi connectivity index (χ2v) is 6.82. The van der Waals surface area contributed by atoms with Gasteiger partial charge in [-0.25, -0.2) is 13.5 Å². The van der Waals surface area contributed by atoms with Crippen molar-refractivity contribution in [3.05, 3.63) is 76.6 Å². The molecule has 138 valence electrons. The fourth-order valence-electron chi connectivity index (χ4n) is 3.67. The van der Waals surface area contributed by atoms with Crippen LogP contribution in [0.25, 0.3) is 5.69 Å². The van der Waals surface area contributed by atoms with Crippen molar-refractivity contribution in [2.45, 2.75) is 26.7 Å². The molecule has 0 N–H and O–H groups in total. The van der Waals surface area contributed by atoms with Gasteiger partial charge >= 0.3 is 0 Å². The summed E-state index contributed by atoms with van der Waals surface area (Å²) in [4.78, 5) is 14.6. The maximum absolute atomic E-state index is 14.6. The van der Waals surface area contributed by atoms with Crippen molar-refractivity contribution in [3.63, 3.8) is 0 Å². The normalized spacial score (nSPS) is 13.6. The summed E-state index contributed by atoms with van der Waals surface area (Å²) in [6.45, 7) is 3.99. The molecule has 1 amide bonds. The van der Waals surface area contributed by atoms with E-state index in [1.54, 1.807) is 25.1 Å². The summed E-state index contributed by atoms with van der Waals surface area (Å²) >= 11 is 0. The Bertz CT molecular complexity index is 1040. The molecule has 1 aliphatic rings. The molecule has 0 atom stereocenters. The van der Waals surface area contributed by atoms with E-state index in [2.05, 4.69) is 5.10 Å². The maximum atomic E-state index is 14.6. The minimum atomic E-state index is -0.424. The molecule has 0 radical (unpaired) electrons. The minimum absolute atomic E-state index is 0.273. The Balaban J connectivity index is 1.75. The fourth-order valence-corrected chi connectivity index (χ4v) is 3.67. The zero-order valence-electron chi connectivity index (χ0n) is 15.2. The van der Waals surface area contributed by atoms with E-state index < -0.39 is 11.6 Å². The van der Waals surface area contributed by atoms with Crippen molar-refractivity contribution in [2.24, 2.45) is 0 Å². The van der Waals surface area contributed by atoms with Gasteiger partial charge in [-0.2, -0.15) is 5.10 Å². The van der Waals surface area contributed by atoms with Crippen LogP contribution >= 0.6 is 0 Å². The van der Waals surface area contributed by atoms with Crippen molar-refractivity contribution >= 4 is 11.6 Å². The lowest BCUT2D eigenvalue weighted by Crippen LogP contribution is -2.36. The predicted octanol–water partition coefficient (Wildman–Crippen LogP) is 4.36. The third-order valence-electron chi connectivity index (χ3n) is 4.95. The number of nitrogens with zero attached hydrogens (tertiary/aromatic N) is 3. The number of fused-ring (bicyclic) bond motifs is 1. The molecule has 0 spiro atoms. The number of aromatic nitrogens is 2. The molecular weight excluding hydrogens is 348 g/mol. The van der Waals surface area contributed by atoms with Gasteiger partial charge in [0.2, 0.25) is 0 Å². The van der Waals surface area contributed by atoms with Crippen molar-refractivity contribution in [1.29, 1.82) is 0 Å². The minimum Gasteiger partial charge on any atom is -0.305 e. The third kappa shape index (κ3) is 2.91. The van der Waals surface area contributed by atoms with Crippen molar-refractivity contribution in [1.82, 2.24) is 9.78 Å². The number of hydrogen-bond donors (Lipinski definition) is 0. The van der Waals surface area contributed by atoms with Crippen LogP contribution in [0.15, 0.2) is 42.6 Å². The number of rotatable bonds is 2. The second-order valence-electron chi connectivity index (χ2n) is 6.82. The fraction of sp³-hybridized carbons (Fsp3) is 0.238. The first-order valence-electron chi connectivity index (χ1n) is 8.88. The molecule has 0 bridgehead atoms. The van der Waals surface area contributed by atoms with Crippen molar-refractivity contribution in [3.8, 4) is 5.69 Å². The molecule has 0 unspecified atom stereocenters. The van der Waals surface area contributed by atoms with E-state index in [1.165, 1.54) is 27.9 Å². The number of para-hydroxylation sites is 1. The summed E-state index contributed by atoms with van der Waals surface area (Å²) in [5.41, 5.74) is 3.15. The molecule has 2 aromatic carbocycles. The molecule has 2 heterocycles. The molecule has 1 aromatic heterocycles. The largest absolute Gasteiger partial charge is 0.305 e. The summed E-state index contributed by atoms with van der Waals surface area (Å²) < 4.78 is 30.1. The Morgan fingerprint density at radius 2 is 1.89 bits per heavy atom. The van der Waals surface area contributed by atoms with Gasteiger partial charge < -0.3 is 4.90 Å². The zero-order valence-corrected chi connectivity index (χ0v) is 15.2. The Morgan fingerprint density at radius 3 is 2.67 bits per heavy atom. The highest BCUT2D eigenvalue weighted by molar-refractivity contribution is 6.07. The van der Waals surface area contributed by atoms with Gasteiger partial charge in [-0.1, -0.05) is 18.2 Å². The van der Waals surface area contributed by atoms with Crippen molar-refractivity contribution in [2.75, 3.05) is 11.4 Å². The van der Waals surface area contributed by atoms with Crippen molar-refractivity contribution < 1.29 is 13.6 Å². The summed E-state index contributed by atoms with van der Waals surface area (Å²) in [5.74, 6) is -1.14. The standard InChI is InChI=1S/C21H19F2N3O/c1-13-10-15-6-5-9-25(20(15)18(23)11-13)21(27)16-12-24-26(14(16)2)19-8-4-3-7-17(19)22/h3-4,7-8,10-12H,5-6,9H2,1-2H3. The summed E-state index contributed by atoms with van der Waals surface area (Å²) in [7, 11) is 0. The summed E-state index contributed by atoms with van der Waals surface area (Å²) in [5, 5.41) is 4.19. The molecular formula is C21H19F2N3O. The molecule has 0 fully saturated rings. The molecule has 4 rings (SSSR count). The van der Waals surface area contributed by atoms with E-state index in [0.29, 0.717) is 23.5 Å². The lowest BCUT2D eigenvalue weighted by atomic mass is 9.98. The molecule has 0 saturated carbocycles. The Labute approximate surface area is 156 Å². The number of aryl methyl sites for hydroxylation is 2. The number of carbonyl (C=O) groups excluding carboxylic acids is 1. The highest BCUT2D eigenvalue weighted by Crippen LogP contribution is 2.33. The van der Waals surface area contributed by atoms with E-state index in [1.807, 2.05) is 13.0 Å². The van der Waals surface area contributed by atoms with E-state index in [-0.39, 0.29) is 11.6 Å². The van der Waals surface area contributed by atoms with Gasteiger partial charge in [-0.05, 0) is 56.0 Å². The van der Waals surface area contributed by atoms with Gasteiger partial charge in [-0.15, -0.1) is 0 Å². The van der Waals surface area contributed by atoms with E-state index in [4.69, 9.17) is 0 Å². The van der Waals surface area contributed by atoms with E-state index >= 15 is 0 Å². The first-order chi connectivity index (χ1) is 13.0. The number of hydrogen-bond acceptors (Lipinski definition) is 2. The average Bonchev–Trinajstić information content (AvgIpc) is 3.02. The van der Waals surface area contributed by atoms with E-state index in [9.17, 15) is 13.6 Å². The molecule has 3 aromatic rings. The van der Waals surface area contributed by atoms with Crippen LogP contribution < -0.4 is 4.90 Å². The lowest BCUT2D eigenvalue weighted by molar-refractivity contribution is 0.0983. The Kier molecular flexibility index (Phi) is 4.26. The zero-order chi connectivity index (χ0) is 19.1. The number of benzene rings is 2. The van der Waals surface area contributed by atoms with Crippen LogP contribution in [0.5, 0.6) is 0 Å².